The molecule has 1 saturated heterocycles. The van der Waals surface area contributed by atoms with E-state index in [1.165, 1.54) is 12.4 Å². The van der Waals surface area contributed by atoms with Crippen LogP contribution in [0.2, 0.25) is 5.02 Å². The average molecular weight is 471 g/mol. The topological polar surface area (TPSA) is 75.9 Å². The molecule has 1 N–H and O–H groups in total. The fourth-order valence-corrected chi connectivity index (χ4v) is 4.41. The molecule has 1 aliphatic heterocycles. The van der Waals surface area contributed by atoms with Gasteiger partial charge < -0.3 is 10.2 Å². The van der Waals surface area contributed by atoms with Crippen LogP contribution in [0.5, 0.6) is 0 Å². The van der Waals surface area contributed by atoms with Gasteiger partial charge in [-0.1, -0.05) is 11.6 Å². The molecule has 0 saturated carbocycles. The molecule has 33 heavy (non-hydrogen) atoms. The van der Waals surface area contributed by atoms with Gasteiger partial charge >= 0.3 is 0 Å². The molecule has 3 aromatic rings. The Balaban J connectivity index is 1.44. The highest BCUT2D eigenvalue weighted by Crippen LogP contribution is 2.33. The predicted octanol–water partition coefficient (Wildman–Crippen LogP) is 5.15. The van der Waals surface area contributed by atoms with Crippen LogP contribution >= 0.6 is 11.6 Å². The second-order valence-corrected chi connectivity index (χ2v) is 9.47. The predicted molar refractivity (Wildman–Crippen MR) is 128 cm³/mol. The monoisotopic (exact) mass is 470 g/mol. The van der Waals surface area contributed by atoms with Crippen LogP contribution in [0.3, 0.4) is 0 Å². The molecule has 1 amide bonds. The van der Waals surface area contributed by atoms with Crippen LogP contribution < -0.4 is 10.2 Å². The summed E-state index contributed by atoms with van der Waals surface area (Å²) in [6.45, 7) is 8.65. The van der Waals surface area contributed by atoms with E-state index in [1.54, 1.807) is 36.9 Å². The van der Waals surface area contributed by atoms with E-state index in [4.69, 9.17) is 11.6 Å². The van der Waals surface area contributed by atoms with Crippen molar-refractivity contribution in [2.24, 2.45) is 5.92 Å². The Labute approximate surface area is 198 Å². The Morgan fingerprint density at radius 2 is 1.88 bits per heavy atom. The summed E-state index contributed by atoms with van der Waals surface area (Å²) in [5.74, 6) is 1.26. The van der Waals surface area contributed by atoms with Crippen LogP contribution in [0, 0.1) is 19.8 Å². The van der Waals surface area contributed by atoms with Crippen LogP contribution in [0.1, 0.15) is 48.3 Å². The molecule has 4 rings (SSSR count). The third kappa shape index (κ3) is 5.00. The first kappa shape index (κ1) is 23.2. The fraction of sp³-hybridized carbons (Fsp3) is 0.417. The van der Waals surface area contributed by atoms with Crippen molar-refractivity contribution in [1.82, 2.24) is 19.7 Å². The highest BCUT2D eigenvalue weighted by molar-refractivity contribution is 6.30. The minimum atomic E-state index is -1.15. The lowest BCUT2D eigenvalue weighted by atomic mass is 9.84. The molecule has 0 aromatic carbocycles. The number of pyridine rings is 2. The first-order valence-corrected chi connectivity index (χ1v) is 11.4. The first-order valence-electron chi connectivity index (χ1n) is 11.0. The summed E-state index contributed by atoms with van der Waals surface area (Å²) in [7, 11) is 0. The second kappa shape index (κ2) is 9.09. The number of halogens is 2. The van der Waals surface area contributed by atoms with Crippen LogP contribution in [-0.2, 0) is 0 Å². The molecule has 9 heteroatoms. The number of alkyl halides is 1. The number of carbonyl (C=O) groups is 1. The SMILES string of the molecule is Cc1cc(NC(=O)c2cnn(-c3ccc(Cl)cn3)c2C)cnc1N1CCC(C(C)(C)F)CC1. The molecule has 0 spiro atoms. The fourth-order valence-electron chi connectivity index (χ4n) is 4.30. The Kier molecular flexibility index (Phi) is 6.38. The molecule has 0 radical (unpaired) electrons. The number of nitrogens with one attached hydrogen (secondary N) is 1. The number of aryl methyl sites for hydroxylation is 1. The molecule has 174 valence electrons. The van der Waals surface area contributed by atoms with E-state index in [1.807, 2.05) is 19.9 Å². The van der Waals surface area contributed by atoms with Crippen molar-refractivity contribution < 1.29 is 9.18 Å². The molecule has 0 atom stereocenters. The number of aromatic nitrogens is 4. The molecule has 0 bridgehead atoms. The average Bonchev–Trinajstić information content (AvgIpc) is 3.15. The minimum absolute atomic E-state index is 0.0693. The largest absolute Gasteiger partial charge is 0.356 e. The first-order chi connectivity index (χ1) is 15.6. The molecule has 0 unspecified atom stereocenters. The summed E-state index contributed by atoms with van der Waals surface area (Å²) in [5, 5.41) is 7.73. The number of hydrogen-bond donors (Lipinski definition) is 1. The van der Waals surface area contributed by atoms with Crippen LogP contribution in [0.15, 0.2) is 36.8 Å². The van der Waals surface area contributed by atoms with Crippen molar-refractivity contribution in [2.75, 3.05) is 23.3 Å². The molecule has 1 fully saturated rings. The quantitative estimate of drug-likeness (QED) is 0.558. The van der Waals surface area contributed by atoms with E-state index in [0.29, 0.717) is 27.8 Å². The Bertz CT molecular complexity index is 1150. The summed E-state index contributed by atoms with van der Waals surface area (Å²) in [4.78, 5) is 23.9. The summed E-state index contributed by atoms with van der Waals surface area (Å²) in [5.41, 5.74) is 1.53. The molecule has 0 aliphatic carbocycles. The van der Waals surface area contributed by atoms with Crippen molar-refractivity contribution in [3.8, 4) is 5.82 Å². The third-order valence-corrected chi connectivity index (χ3v) is 6.48. The van der Waals surface area contributed by atoms with Crippen molar-refractivity contribution >= 4 is 29.0 Å². The van der Waals surface area contributed by atoms with Crippen molar-refractivity contribution in [3.63, 3.8) is 0 Å². The maximum Gasteiger partial charge on any atom is 0.259 e. The lowest BCUT2D eigenvalue weighted by Gasteiger charge is -2.37. The summed E-state index contributed by atoms with van der Waals surface area (Å²) >= 11 is 5.90. The Morgan fingerprint density at radius 3 is 2.48 bits per heavy atom. The number of hydrogen-bond acceptors (Lipinski definition) is 5. The van der Waals surface area contributed by atoms with E-state index >= 15 is 0 Å². The van der Waals surface area contributed by atoms with Gasteiger partial charge in [-0.3, -0.25) is 4.79 Å². The molecular weight excluding hydrogens is 443 g/mol. The summed E-state index contributed by atoms with van der Waals surface area (Å²) in [6.07, 6.45) is 6.32. The minimum Gasteiger partial charge on any atom is -0.356 e. The Morgan fingerprint density at radius 1 is 1.15 bits per heavy atom. The number of anilines is 2. The lowest BCUT2D eigenvalue weighted by molar-refractivity contribution is 0.102. The van der Waals surface area contributed by atoms with Gasteiger partial charge in [-0.05, 0) is 70.2 Å². The van der Waals surface area contributed by atoms with Gasteiger partial charge in [-0.15, -0.1) is 0 Å². The number of amides is 1. The van der Waals surface area contributed by atoms with Gasteiger partial charge in [0.25, 0.3) is 5.91 Å². The number of carbonyl (C=O) groups excluding carboxylic acids is 1. The van der Waals surface area contributed by atoms with Crippen LogP contribution in [0.25, 0.3) is 5.82 Å². The van der Waals surface area contributed by atoms with Crippen molar-refractivity contribution in [1.29, 1.82) is 0 Å². The molecule has 3 aromatic heterocycles. The molecular formula is C24H28ClFN6O. The van der Waals surface area contributed by atoms with Gasteiger partial charge in [0.1, 0.15) is 11.5 Å². The van der Waals surface area contributed by atoms with Gasteiger partial charge in [0.05, 0.1) is 34.4 Å². The Hall–Kier alpha value is -3.00. The zero-order valence-corrected chi connectivity index (χ0v) is 20.0. The summed E-state index contributed by atoms with van der Waals surface area (Å²) < 4.78 is 15.8. The zero-order valence-electron chi connectivity index (χ0n) is 19.3. The second-order valence-electron chi connectivity index (χ2n) is 9.03. The van der Waals surface area contributed by atoms with Crippen LogP contribution in [-0.4, -0.2) is 44.4 Å². The zero-order chi connectivity index (χ0) is 23.8. The van der Waals surface area contributed by atoms with Crippen molar-refractivity contribution in [2.45, 2.75) is 46.2 Å². The lowest BCUT2D eigenvalue weighted by Crippen LogP contribution is -2.40. The van der Waals surface area contributed by atoms with E-state index < -0.39 is 5.67 Å². The highest BCUT2D eigenvalue weighted by Gasteiger charge is 2.33. The summed E-state index contributed by atoms with van der Waals surface area (Å²) in [6, 6.07) is 5.38. The maximum absolute atomic E-state index is 14.3. The normalized spacial score (nSPS) is 15.0. The molecule has 4 heterocycles. The number of nitrogens with zero attached hydrogens (tertiary/aromatic N) is 5. The third-order valence-electron chi connectivity index (χ3n) is 6.26. The maximum atomic E-state index is 14.3. The molecule has 1 aliphatic rings. The number of rotatable bonds is 5. The van der Waals surface area contributed by atoms with E-state index in [0.717, 1.165) is 37.3 Å². The van der Waals surface area contributed by atoms with Gasteiger partial charge in [-0.2, -0.15) is 5.10 Å². The van der Waals surface area contributed by atoms with Crippen LogP contribution in [0.4, 0.5) is 15.9 Å². The van der Waals surface area contributed by atoms with Crippen molar-refractivity contribution in [3.05, 3.63) is 58.6 Å². The van der Waals surface area contributed by atoms with Gasteiger partial charge in [0.15, 0.2) is 5.82 Å². The highest BCUT2D eigenvalue weighted by atomic mass is 35.5. The van der Waals surface area contributed by atoms with E-state index in [-0.39, 0.29) is 11.8 Å². The van der Waals surface area contributed by atoms with Gasteiger partial charge in [0.2, 0.25) is 0 Å². The van der Waals surface area contributed by atoms with E-state index in [9.17, 15) is 9.18 Å². The smallest absolute Gasteiger partial charge is 0.259 e. The number of piperidine rings is 1. The standard InChI is InChI=1S/C24H28ClFN6O/c1-15-11-19(13-28-22(15)31-9-7-17(8-10-31)24(3,4)26)30-23(33)20-14-29-32(16(20)2)21-6-5-18(25)12-27-21/h5-6,11-14,17H,7-10H2,1-4H3,(H,30,33). The van der Waals surface area contributed by atoms with Gasteiger partial charge in [-0.25, -0.2) is 19.0 Å². The van der Waals surface area contributed by atoms with Gasteiger partial charge in [0, 0.05) is 19.3 Å². The molecule has 7 nitrogen and oxygen atoms in total. The van der Waals surface area contributed by atoms with E-state index in [2.05, 4.69) is 25.3 Å².